The maximum absolute atomic E-state index is 12.8. The van der Waals surface area contributed by atoms with E-state index < -0.39 is 0 Å². The molecule has 2 aliphatic rings. The van der Waals surface area contributed by atoms with Gasteiger partial charge in [-0.2, -0.15) is 5.10 Å². The molecule has 23 heavy (non-hydrogen) atoms. The molecule has 0 aliphatic carbocycles. The minimum absolute atomic E-state index is 0.214. The van der Waals surface area contributed by atoms with Gasteiger partial charge in [-0.3, -0.25) is 14.4 Å². The second-order valence-corrected chi connectivity index (χ2v) is 6.50. The molecule has 1 saturated heterocycles. The van der Waals surface area contributed by atoms with E-state index >= 15 is 0 Å². The molecule has 120 valence electrons. The number of hydrogen-bond acceptors (Lipinski definition) is 3. The Hall–Kier alpha value is -2.14. The molecule has 5 heteroatoms. The molecule has 0 radical (unpaired) electrons. The molecule has 5 nitrogen and oxygen atoms in total. The van der Waals surface area contributed by atoms with Gasteiger partial charge in [0.2, 0.25) is 5.91 Å². The average Bonchev–Trinajstić information content (AvgIpc) is 3.25. The number of aromatic nitrogens is 2. The van der Waals surface area contributed by atoms with Crippen LogP contribution in [-0.2, 0) is 18.3 Å². The van der Waals surface area contributed by atoms with Crippen molar-refractivity contribution in [2.75, 3.05) is 24.5 Å². The third-order valence-electron chi connectivity index (χ3n) is 5.00. The predicted octanol–water partition coefficient (Wildman–Crippen LogP) is 2.15. The number of hydrogen-bond donors (Lipinski definition) is 0. The third-order valence-corrected chi connectivity index (χ3v) is 5.00. The number of carbonyl (C=O) groups excluding carboxylic acids is 1. The molecule has 1 fully saturated rings. The second kappa shape index (κ2) is 5.81. The van der Waals surface area contributed by atoms with Gasteiger partial charge in [0, 0.05) is 37.1 Å². The molecule has 0 saturated carbocycles. The summed E-state index contributed by atoms with van der Waals surface area (Å²) in [6, 6.07) is 8.56. The van der Waals surface area contributed by atoms with Crippen LogP contribution in [0.25, 0.3) is 0 Å². The zero-order valence-electron chi connectivity index (χ0n) is 13.5. The SMILES string of the molecule is Cn1cc([C@@H]2CCCN2CC(=O)N2CCc3ccccc32)cn1. The van der Waals surface area contributed by atoms with E-state index in [-0.39, 0.29) is 5.91 Å². The Kier molecular flexibility index (Phi) is 3.65. The Morgan fingerprint density at radius 3 is 3.00 bits per heavy atom. The lowest BCUT2D eigenvalue weighted by Gasteiger charge is -2.26. The van der Waals surface area contributed by atoms with Crippen molar-refractivity contribution in [1.82, 2.24) is 14.7 Å². The summed E-state index contributed by atoms with van der Waals surface area (Å²) in [4.78, 5) is 17.1. The molecule has 0 N–H and O–H groups in total. The van der Waals surface area contributed by atoms with Crippen molar-refractivity contribution in [2.24, 2.45) is 7.05 Å². The summed E-state index contributed by atoms with van der Waals surface area (Å²) in [5.74, 6) is 0.214. The minimum atomic E-state index is 0.214. The fourth-order valence-corrected chi connectivity index (χ4v) is 3.86. The number of amides is 1. The highest BCUT2D eigenvalue weighted by Crippen LogP contribution is 2.32. The van der Waals surface area contributed by atoms with Gasteiger partial charge >= 0.3 is 0 Å². The molecule has 4 rings (SSSR count). The highest BCUT2D eigenvalue weighted by atomic mass is 16.2. The standard InChI is InChI=1S/C18H22N4O/c1-20-12-15(11-19-20)16-7-4-9-21(16)13-18(23)22-10-8-14-5-2-3-6-17(14)22/h2-3,5-6,11-12,16H,4,7-10,13H2,1H3/t16-/m0/s1. The fraction of sp³-hybridized carbons (Fsp3) is 0.444. The summed E-state index contributed by atoms with van der Waals surface area (Å²) >= 11 is 0. The van der Waals surface area contributed by atoms with Crippen LogP contribution in [0.1, 0.15) is 30.0 Å². The van der Waals surface area contributed by atoms with Gasteiger partial charge in [-0.15, -0.1) is 0 Å². The van der Waals surface area contributed by atoms with Crippen LogP contribution in [0.15, 0.2) is 36.7 Å². The largest absolute Gasteiger partial charge is 0.311 e. The molecule has 2 aliphatic heterocycles. The van der Waals surface area contributed by atoms with Crippen LogP contribution < -0.4 is 4.90 Å². The Bertz CT molecular complexity index is 723. The van der Waals surface area contributed by atoms with Crippen molar-refractivity contribution < 1.29 is 4.79 Å². The molecule has 0 bridgehead atoms. The zero-order valence-corrected chi connectivity index (χ0v) is 13.5. The van der Waals surface area contributed by atoms with Gasteiger partial charge in [0.15, 0.2) is 0 Å². The van der Waals surface area contributed by atoms with E-state index in [0.717, 1.165) is 38.0 Å². The highest BCUT2D eigenvalue weighted by Gasteiger charge is 2.31. The van der Waals surface area contributed by atoms with E-state index in [1.54, 1.807) is 0 Å². The predicted molar refractivity (Wildman–Crippen MR) is 89.3 cm³/mol. The molecule has 0 unspecified atom stereocenters. The molecule has 1 amide bonds. The van der Waals surface area contributed by atoms with Crippen LogP contribution in [0.5, 0.6) is 0 Å². The number of carbonyl (C=O) groups is 1. The van der Waals surface area contributed by atoms with E-state index in [9.17, 15) is 4.79 Å². The number of fused-ring (bicyclic) bond motifs is 1. The van der Waals surface area contributed by atoms with Crippen molar-refractivity contribution in [1.29, 1.82) is 0 Å². The van der Waals surface area contributed by atoms with Crippen LogP contribution in [0.4, 0.5) is 5.69 Å². The maximum Gasteiger partial charge on any atom is 0.241 e. The van der Waals surface area contributed by atoms with Gasteiger partial charge in [0.05, 0.1) is 12.7 Å². The monoisotopic (exact) mass is 310 g/mol. The van der Waals surface area contributed by atoms with Crippen LogP contribution in [0.2, 0.25) is 0 Å². The lowest BCUT2D eigenvalue weighted by atomic mass is 10.1. The van der Waals surface area contributed by atoms with E-state index in [0.29, 0.717) is 12.6 Å². The van der Waals surface area contributed by atoms with E-state index in [1.165, 1.54) is 11.1 Å². The van der Waals surface area contributed by atoms with Crippen LogP contribution in [0.3, 0.4) is 0 Å². The van der Waals surface area contributed by atoms with Crippen molar-refractivity contribution in [3.05, 3.63) is 47.8 Å². The summed E-state index contributed by atoms with van der Waals surface area (Å²) in [5, 5.41) is 4.28. The summed E-state index contributed by atoms with van der Waals surface area (Å²) in [6.07, 6.45) is 7.21. The molecule has 1 atom stereocenters. The highest BCUT2D eigenvalue weighted by molar-refractivity contribution is 5.96. The van der Waals surface area contributed by atoms with E-state index in [4.69, 9.17) is 0 Å². The number of nitrogens with zero attached hydrogens (tertiary/aromatic N) is 4. The van der Waals surface area contributed by atoms with Crippen LogP contribution in [-0.4, -0.2) is 40.2 Å². The van der Waals surface area contributed by atoms with Gasteiger partial charge in [-0.1, -0.05) is 18.2 Å². The van der Waals surface area contributed by atoms with E-state index in [2.05, 4.69) is 28.3 Å². The number of likely N-dealkylation sites (tertiary alicyclic amines) is 1. The van der Waals surface area contributed by atoms with Crippen molar-refractivity contribution >= 4 is 11.6 Å². The first kappa shape index (κ1) is 14.5. The van der Waals surface area contributed by atoms with Gasteiger partial charge < -0.3 is 4.90 Å². The maximum atomic E-state index is 12.8. The molecular formula is C18H22N4O. The smallest absolute Gasteiger partial charge is 0.241 e. The van der Waals surface area contributed by atoms with Crippen molar-refractivity contribution in [2.45, 2.75) is 25.3 Å². The average molecular weight is 310 g/mol. The van der Waals surface area contributed by atoms with Gasteiger partial charge in [-0.05, 0) is 37.4 Å². The molecule has 1 aromatic carbocycles. The number of rotatable bonds is 3. The first-order chi connectivity index (χ1) is 11.2. The number of benzene rings is 1. The first-order valence-corrected chi connectivity index (χ1v) is 8.33. The van der Waals surface area contributed by atoms with Gasteiger partial charge in [0.25, 0.3) is 0 Å². The Labute approximate surface area is 136 Å². The van der Waals surface area contributed by atoms with Gasteiger partial charge in [-0.25, -0.2) is 0 Å². The normalized spacial score (nSPS) is 20.9. The zero-order chi connectivity index (χ0) is 15.8. The van der Waals surface area contributed by atoms with Crippen LogP contribution in [0, 0.1) is 0 Å². The topological polar surface area (TPSA) is 41.4 Å². The molecular weight excluding hydrogens is 288 g/mol. The second-order valence-electron chi connectivity index (χ2n) is 6.50. The Morgan fingerprint density at radius 2 is 2.17 bits per heavy atom. The fourth-order valence-electron chi connectivity index (χ4n) is 3.86. The molecule has 0 spiro atoms. The molecule has 1 aromatic heterocycles. The molecule has 2 aromatic rings. The lowest BCUT2D eigenvalue weighted by molar-refractivity contribution is -0.119. The quantitative estimate of drug-likeness (QED) is 0.872. The Balaban J connectivity index is 1.48. The van der Waals surface area contributed by atoms with Crippen molar-refractivity contribution in [3.63, 3.8) is 0 Å². The van der Waals surface area contributed by atoms with E-state index in [1.807, 2.05) is 35.0 Å². The number of anilines is 1. The summed E-state index contributed by atoms with van der Waals surface area (Å²) < 4.78 is 1.84. The molecule has 3 heterocycles. The Morgan fingerprint density at radius 1 is 1.30 bits per heavy atom. The summed E-state index contributed by atoms with van der Waals surface area (Å²) in [5.41, 5.74) is 3.60. The minimum Gasteiger partial charge on any atom is -0.311 e. The van der Waals surface area contributed by atoms with Crippen molar-refractivity contribution in [3.8, 4) is 0 Å². The number of para-hydroxylation sites is 1. The first-order valence-electron chi connectivity index (χ1n) is 8.33. The number of aryl methyl sites for hydroxylation is 1. The third kappa shape index (κ3) is 2.65. The lowest BCUT2D eigenvalue weighted by Crippen LogP contribution is -2.39. The summed E-state index contributed by atoms with van der Waals surface area (Å²) in [6.45, 7) is 2.29. The van der Waals surface area contributed by atoms with Gasteiger partial charge in [0.1, 0.15) is 0 Å². The summed E-state index contributed by atoms with van der Waals surface area (Å²) in [7, 11) is 1.94. The van der Waals surface area contributed by atoms with Crippen LogP contribution >= 0.6 is 0 Å².